The van der Waals surface area contributed by atoms with E-state index in [1.54, 1.807) is 0 Å². The van der Waals surface area contributed by atoms with Crippen molar-refractivity contribution in [2.45, 2.75) is 51.6 Å². The Morgan fingerprint density at radius 2 is 2.00 bits per heavy atom. The van der Waals surface area contributed by atoms with Crippen molar-refractivity contribution in [3.05, 3.63) is 0 Å². The van der Waals surface area contributed by atoms with Crippen molar-refractivity contribution in [1.82, 2.24) is 0 Å². The van der Waals surface area contributed by atoms with E-state index >= 15 is 0 Å². The van der Waals surface area contributed by atoms with Gasteiger partial charge in [-0.25, -0.2) is 8.42 Å². The Hall–Kier alpha value is 0.200. The molecule has 1 unspecified atom stereocenters. The Balaban J connectivity index is 1.91. The Morgan fingerprint density at radius 3 is 2.50 bits per heavy atom. The largest absolute Gasteiger partial charge is 0.378 e. The van der Waals surface area contributed by atoms with Crippen molar-refractivity contribution >= 4 is 19.7 Å². The van der Waals surface area contributed by atoms with Gasteiger partial charge in [0, 0.05) is 17.3 Å². The first kappa shape index (κ1) is 14.3. The molecule has 0 saturated heterocycles. The molecule has 1 fully saturated rings. The van der Waals surface area contributed by atoms with Gasteiger partial charge in [-0.05, 0) is 38.5 Å². The van der Waals surface area contributed by atoms with Crippen molar-refractivity contribution < 1.29 is 13.2 Å². The third-order valence-electron chi connectivity index (χ3n) is 3.23. The summed E-state index contributed by atoms with van der Waals surface area (Å²) in [4.78, 5) is 0. The smallest absolute Gasteiger partial charge is 0.232 e. The van der Waals surface area contributed by atoms with Crippen LogP contribution in [0.2, 0.25) is 0 Å². The van der Waals surface area contributed by atoms with Gasteiger partial charge in [0.1, 0.15) is 0 Å². The maximum Gasteiger partial charge on any atom is 0.232 e. The Kier molecular flexibility index (Phi) is 6.08. The van der Waals surface area contributed by atoms with Crippen LogP contribution in [0, 0.1) is 5.92 Å². The molecule has 1 rings (SSSR count). The summed E-state index contributed by atoms with van der Waals surface area (Å²) in [5.41, 5.74) is 0. The van der Waals surface area contributed by atoms with Gasteiger partial charge in [0.15, 0.2) is 0 Å². The number of ether oxygens (including phenoxy) is 1. The van der Waals surface area contributed by atoms with E-state index in [1.807, 2.05) is 0 Å². The van der Waals surface area contributed by atoms with Crippen LogP contribution in [0.15, 0.2) is 0 Å². The minimum Gasteiger partial charge on any atom is -0.378 e. The van der Waals surface area contributed by atoms with Gasteiger partial charge in [0.05, 0.1) is 11.9 Å². The highest BCUT2D eigenvalue weighted by Gasteiger charge is 2.23. The number of unbranched alkanes of at least 4 members (excludes halogenated alkanes) is 2. The summed E-state index contributed by atoms with van der Waals surface area (Å²) in [5.74, 6) is 0.829. The lowest BCUT2D eigenvalue weighted by molar-refractivity contribution is -0.00289. The van der Waals surface area contributed by atoms with Crippen LogP contribution in [0.1, 0.15) is 45.4 Å². The maximum atomic E-state index is 10.6. The Morgan fingerprint density at radius 1 is 1.31 bits per heavy atom. The molecule has 96 valence electrons. The van der Waals surface area contributed by atoms with E-state index in [-0.39, 0.29) is 5.75 Å². The van der Waals surface area contributed by atoms with Crippen molar-refractivity contribution in [3.8, 4) is 0 Å². The molecule has 0 bridgehead atoms. The second-order valence-corrected chi connectivity index (χ2v) is 7.47. The number of hydrogen-bond donors (Lipinski definition) is 0. The Bertz CT molecular complexity index is 286. The van der Waals surface area contributed by atoms with E-state index in [2.05, 4.69) is 6.92 Å². The monoisotopic (exact) mass is 268 g/mol. The first-order valence-electron chi connectivity index (χ1n) is 6.03. The van der Waals surface area contributed by atoms with E-state index in [0.717, 1.165) is 25.4 Å². The summed E-state index contributed by atoms with van der Waals surface area (Å²) >= 11 is 0. The van der Waals surface area contributed by atoms with Gasteiger partial charge in [-0.3, -0.25) is 0 Å². The van der Waals surface area contributed by atoms with E-state index in [1.165, 1.54) is 19.3 Å². The van der Waals surface area contributed by atoms with Crippen LogP contribution in [0.5, 0.6) is 0 Å². The summed E-state index contributed by atoms with van der Waals surface area (Å²) in [6, 6.07) is 0. The van der Waals surface area contributed by atoms with Gasteiger partial charge in [0.2, 0.25) is 9.05 Å². The van der Waals surface area contributed by atoms with Crippen LogP contribution in [0.4, 0.5) is 0 Å². The predicted octanol–water partition coefficient (Wildman–Crippen LogP) is 2.93. The second kappa shape index (κ2) is 6.82. The molecule has 0 N–H and O–H groups in total. The molecule has 16 heavy (non-hydrogen) atoms. The molecule has 1 aliphatic rings. The van der Waals surface area contributed by atoms with Gasteiger partial charge >= 0.3 is 0 Å². The first-order valence-corrected chi connectivity index (χ1v) is 8.51. The molecule has 0 radical (unpaired) electrons. The minimum absolute atomic E-state index is 0.0761. The molecule has 1 saturated carbocycles. The topological polar surface area (TPSA) is 43.4 Å². The molecule has 1 atom stereocenters. The lowest BCUT2D eigenvalue weighted by Crippen LogP contribution is -2.27. The summed E-state index contributed by atoms with van der Waals surface area (Å²) < 4.78 is 27.0. The van der Waals surface area contributed by atoms with Crippen LogP contribution < -0.4 is 0 Å². The summed E-state index contributed by atoms with van der Waals surface area (Å²) in [5, 5.41) is 0. The highest BCUT2D eigenvalue weighted by atomic mass is 35.7. The van der Waals surface area contributed by atoms with E-state index in [0.29, 0.717) is 12.5 Å². The molecule has 0 amide bonds. The highest BCUT2D eigenvalue weighted by Crippen LogP contribution is 2.30. The molecular weight excluding hydrogens is 248 g/mol. The molecule has 0 heterocycles. The fraction of sp³-hybridized carbons (Fsp3) is 1.00. The molecule has 5 heteroatoms. The average Bonchev–Trinajstić information content (AvgIpc) is 2.06. The van der Waals surface area contributed by atoms with Gasteiger partial charge in [-0.1, -0.05) is 12.8 Å². The third kappa shape index (κ3) is 6.06. The van der Waals surface area contributed by atoms with Gasteiger partial charge in [0.25, 0.3) is 0 Å². The number of rotatable bonds is 8. The van der Waals surface area contributed by atoms with Crippen molar-refractivity contribution in [2.75, 3.05) is 12.4 Å². The fourth-order valence-corrected chi connectivity index (χ4v) is 2.74. The van der Waals surface area contributed by atoms with Gasteiger partial charge in [-0.2, -0.15) is 0 Å². The lowest BCUT2D eigenvalue weighted by Gasteiger charge is -2.31. The first-order chi connectivity index (χ1) is 7.49. The summed E-state index contributed by atoms with van der Waals surface area (Å²) in [7, 11) is 1.80. The SMILES string of the molecule is CC(OCCCCCS(=O)(=O)Cl)C1CCC1. The van der Waals surface area contributed by atoms with Crippen LogP contribution in [-0.4, -0.2) is 26.9 Å². The molecule has 0 aromatic heterocycles. The molecule has 0 aromatic rings. The minimum atomic E-state index is -3.30. The summed E-state index contributed by atoms with van der Waals surface area (Å²) in [6.45, 7) is 2.87. The molecule has 0 aliphatic heterocycles. The van der Waals surface area contributed by atoms with Crippen LogP contribution in [0.25, 0.3) is 0 Å². The van der Waals surface area contributed by atoms with Crippen LogP contribution in [0.3, 0.4) is 0 Å². The zero-order valence-corrected chi connectivity index (χ0v) is 11.4. The van der Waals surface area contributed by atoms with E-state index in [9.17, 15) is 8.42 Å². The van der Waals surface area contributed by atoms with Crippen molar-refractivity contribution in [1.29, 1.82) is 0 Å². The zero-order valence-electron chi connectivity index (χ0n) is 9.82. The summed E-state index contributed by atoms with van der Waals surface area (Å²) in [6.07, 6.45) is 6.72. The van der Waals surface area contributed by atoms with Crippen LogP contribution >= 0.6 is 10.7 Å². The molecule has 0 aromatic carbocycles. The van der Waals surface area contributed by atoms with E-state index < -0.39 is 9.05 Å². The normalized spacial score (nSPS) is 19.4. The average molecular weight is 269 g/mol. The predicted molar refractivity (Wildman–Crippen MR) is 66.2 cm³/mol. The van der Waals surface area contributed by atoms with Crippen LogP contribution in [-0.2, 0) is 13.8 Å². The molecule has 3 nitrogen and oxygen atoms in total. The fourth-order valence-electron chi connectivity index (χ4n) is 1.87. The third-order valence-corrected chi connectivity index (χ3v) is 4.47. The number of hydrogen-bond acceptors (Lipinski definition) is 3. The standard InChI is InChI=1S/C11H21ClO3S/c1-10(11-6-5-7-11)15-8-3-2-4-9-16(12,13)14/h10-11H,2-9H2,1H3. The second-order valence-electron chi connectivity index (χ2n) is 4.57. The zero-order chi connectivity index (χ0) is 12.0. The molecular formula is C11H21ClO3S. The van der Waals surface area contributed by atoms with Gasteiger partial charge < -0.3 is 4.74 Å². The molecule has 0 spiro atoms. The number of halogens is 1. The van der Waals surface area contributed by atoms with Gasteiger partial charge in [-0.15, -0.1) is 0 Å². The van der Waals surface area contributed by atoms with Crippen molar-refractivity contribution in [2.24, 2.45) is 5.92 Å². The van der Waals surface area contributed by atoms with E-state index in [4.69, 9.17) is 15.4 Å². The maximum absolute atomic E-state index is 10.6. The quantitative estimate of drug-likeness (QED) is 0.502. The highest BCUT2D eigenvalue weighted by molar-refractivity contribution is 8.13. The molecule has 1 aliphatic carbocycles. The lowest BCUT2D eigenvalue weighted by atomic mass is 9.82. The van der Waals surface area contributed by atoms with Crippen molar-refractivity contribution in [3.63, 3.8) is 0 Å². The Labute approximate surface area is 103 Å².